The Balaban J connectivity index is 2.47. The highest BCUT2D eigenvalue weighted by Crippen LogP contribution is 2.35. The van der Waals surface area contributed by atoms with Crippen LogP contribution in [0.3, 0.4) is 0 Å². The van der Waals surface area contributed by atoms with Gasteiger partial charge < -0.3 is 10.1 Å². The van der Waals surface area contributed by atoms with Crippen molar-refractivity contribution in [3.05, 3.63) is 21.1 Å². The maximum Gasteiger partial charge on any atom is 0.135 e. The second-order valence-corrected chi connectivity index (χ2v) is 6.92. The molecule has 0 spiro atoms. The molecule has 1 aromatic rings. The molecule has 0 saturated carbocycles. The summed E-state index contributed by atoms with van der Waals surface area (Å²) in [5, 5.41) is 3.56. The van der Waals surface area contributed by atoms with Crippen LogP contribution in [0.15, 0.2) is 21.1 Å². The molecule has 114 valence electrons. The van der Waals surface area contributed by atoms with Crippen LogP contribution in [0.4, 0.5) is 5.69 Å². The van der Waals surface area contributed by atoms with E-state index in [4.69, 9.17) is 4.74 Å². The number of hydrogen-bond acceptors (Lipinski definition) is 2. The summed E-state index contributed by atoms with van der Waals surface area (Å²) in [5.74, 6) is 0.853. The monoisotopic (exact) mass is 405 g/mol. The lowest BCUT2D eigenvalue weighted by Crippen LogP contribution is -2.15. The SMILES string of the molecule is CCCCCCCC(C)Nc1cc(OC)c(Br)cc1Br. The van der Waals surface area contributed by atoms with Gasteiger partial charge in [-0.25, -0.2) is 0 Å². The van der Waals surface area contributed by atoms with Gasteiger partial charge in [-0.05, 0) is 51.3 Å². The van der Waals surface area contributed by atoms with Crippen molar-refractivity contribution in [1.29, 1.82) is 0 Å². The first-order valence-corrected chi connectivity index (χ1v) is 8.96. The summed E-state index contributed by atoms with van der Waals surface area (Å²) in [6.45, 7) is 4.49. The van der Waals surface area contributed by atoms with Gasteiger partial charge >= 0.3 is 0 Å². The Morgan fingerprint density at radius 3 is 2.45 bits per heavy atom. The van der Waals surface area contributed by atoms with Gasteiger partial charge in [0.1, 0.15) is 5.75 Å². The first kappa shape index (κ1) is 17.8. The van der Waals surface area contributed by atoms with Gasteiger partial charge in [0.2, 0.25) is 0 Å². The molecule has 0 radical (unpaired) electrons. The van der Waals surface area contributed by atoms with E-state index in [0.717, 1.165) is 20.4 Å². The summed E-state index contributed by atoms with van der Waals surface area (Å²) in [6.07, 6.45) is 7.86. The number of unbranched alkanes of at least 4 members (excludes halogenated alkanes) is 4. The molecular weight excluding hydrogens is 382 g/mol. The smallest absolute Gasteiger partial charge is 0.135 e. The summed E-state index contributed by atoms with van der Waals surface area (Å²) in [7, 11) is 1.69. The Morgan fingerprint density at radius 2 is 1.80 bits per heavy atom. The first-order valence-electron chi connectivity index (χ1n) is 7.38. The van der Waals surface area contributed by atoms with Crippen molar-refractivity contribution in [3.63, 3.8) is 0 Å². The van der Waals surface area contributed by atoms with Crippen molar-refractivity contribution >= 4 is 37.5 Å². The minimum absolute atomic E-state index is 0.471. The Morgan fingerprint density at radius 1 is 1.10 bits per heavy atom. The van der Waals surface area contributed by atoms with Gasteiger partial charge in [-0.1, -0.05) is 39.0 Å². The van der Waals surface area contributed by atoms with Gasteiger partial charge in [-0.3, -0.25) is 0 Å². The van der Waals surface area contributed by atoms with Crippen molar-refractivity contribution in [1.82, 2.24) is 0 Å². The van der Waals surface area contributed by atoms with E-state index in [1.54, 1.807) is 7.11 Å². The average Bonchev–Trinajstić information content (AvgIpc) is 2.41. The minimum atomic E-state index is 0.471. The summed E-state index contributed by atoms with van der Waals surface area (Å²) in [6, 6.07) is 4.52. The highest BCUT2D eigenvalue weighted by Gasteiger charge is 2.09. The molecule has 1 atom stereocenters. The fourth-order valence-electron chi connectivity index (χ4n) is 2.19. The van der Waals surface area contributed by atoms with Crippen molar-refractivity contribution in [3.8, 4) is 5.75 Å². The molecule has 0 bridgehead atoms. The van der Waals surface area contributed by atoms with Gasteiger partial charge in [0.25, 0.3) is 0 Å². The predicted molar refractivity (Wildman–Crippen MR) is 94.9 cm³/mol. The first-order chi connectivity index (χ1) is 9.58. The number of methoxy groups -OCH3 is 1. The molecule has 1 rings (SSSR count). The Kier molecular flexibility index (Phi) is 8.62. The van der Waals surface area contributed by atoms with Crippen LogP contribution in [-0.4, -0.2) is 13.2 Å². The summed E-state index contributed by atoms with van der Waals surface area (Å²) < 4.78 is 7.36. The van der Waals surface area contributed by atoms with Gasteiger partial charge in [0.05, 0.1) is 17.3 Å². The van der Waals surface area contributed by atoms with Gasteiger partial charge in [-0.15, -0.1) is 0 Å². The normalized spacial score (nSPS) is 12.2. The lowest BCUT2D eigenvalue weighted by atomic mass is 10.1. The van der Waals surface area contributed by atoms with Crippen molar-refractivity contribution in [2.75, 3.05) is 12.4 Å². The van der Waals surface area contributed by atoms with Crippen LogP contribution in [0.5, 0.6) is 5.75 Å². The predicted octanol–water partition coefficient (Wildman–Crippen LogP) is 6.38. The zero-order chi connectivity index (χ0) is 15.0. The summed E-state index contributed by atoms with van der Waals surface area (Å²) in [4.78, 5) is 0. The standard InChI is InChI=1S/C16H25Br2NO/c1-4-5-6-7-8-9-12(2)19-15-11-16(20-3)14(18)10-13(15)17/h10-12,19H,4-9H2,1-3H3. The topological polar surface area (TPSA) is 21.3 Å². The van der Waals surface area contributed by atoms with E-state index in [1.807, 2.05) is 12.1 Å². The number of benzene rings is 1. The molecule has 1 aromatic carbocycles. The number of halogens is 2. The maximum absolute atomic E-state index is 5.34. The van der Waals surface area contributed by atoms with E-state index in [2.05, 4.69) is 51.0 Å². The molecule has 1 N–H and O–H groups in total. The fraction of sp³-hybridized carbons (Fsp3) is 0.625. The number of hydrogen-bond donors (Lipinski definition) is 1. The fourth-order valence-corrected chi connectivity index (χ4v) is 3.46. The molecule has 20 heavy (non-hydrogen) atoms. The summed E-state index contributed by atoms with van der Waals surface area (Å²) in [5.41, 5.74) is 1.09. The molecule has 0 amide bonds. The van der Waals surface area contributed by atoms with Gasteiger partial charge in [0.15, 0.2) is 0 Å². The van der Waals surface area contributed by atoms with Gasteiger partial charge in [0, 0.05) is 16.6 Å². The van der Waals surface area contributed by atoms with Crippen LogP contribution < -0.4 is 10.1 Å². The van der Waals surface area contributed by atoms with E-state index >= 15 is 0 Å². The molecular formula is C16H25Br2NO. The molecule has 0 fully saturated rings. The van der Waals surface area contributed by atoms with Crippen LogP contribution in [0.2, 0.25) is 0 Å². The second kappa shape index (κ2) is 9.67. The number of rotatable bonds is 9. The van der Waals surface area contributed by atoms with Crippen LogP contribution >= 0.6 is 31.9 Å². The van der Waals surface area contributed by atoms with Gasteiger partial charge in [-0.2, -0.15) is 0 Å². The van der Waals surface area contributed by atoms with E-state index < -0.39 is 0 Å². The molecule has 0 aliphatic rings. The van der Waals surface area contributed by atoms with Crippen LogP contribution in [-0.2, 0) is 0 Å². The van der Waals surface area contributed by atoms with Crippen molar-refractivity contribution < 1.29 is 4.74 Å². The third-order valence-electron chi connectivity index (χ3n) is 3.38. The lowest BCUT2D eigenvalue weighted by Gasteiger charge is -2.17. The van der Waals surface area contributed by atoms with Crippen LogP contribution in [0.25, 0.3) is 0 Å². The lowest BCUT2D eigenvalue weighted by molar-refractivity contribution is 0.412. The Labute approximate surface area is 139 Å². The zero-order valence-electron chi connectivity index (χ0n) is 12.6. The number of anilines is 1. The minimum Gasteiger partial charge on any atom is -0.495 e. The zero-order valence-corrected chi connectivity index (χ0v) is 15.8. The highest BCUT2D eigenvalue weighted by atomic mass is 79.9. The van der Waals surface area contributed by atoms with E-state index in [1.165, 1.54) is 38.5 Å². The second-order valence-electron chi connectivity index (χ2n) is 5.21. The number of ether oxygens (including phenoxy) is 1. The third-order valence-corrected chi connectivity index (χ3v) is 4.66. The third kappa shape index (κ3) is 6.04. The molecule has 4 heteroatoms. The maximum atomic E-state index is 5.34. The van der Waals surface area contributed by atoms with Crippen molar-refractivity contribution in [2.24, 2.45) is 0 Å². The molecule has 0 saturated heterocycles. The highest BCUT2D eigenvalue weighted by molar-refractivity contribution is 9.11. The molecule has 1 unspecified atom stereocenters. The average molecular weight is 407 g/mol. The molecule has 0 aliphatic carbocycles. The van der Waals surface area contributed by atoms with Crippen molar-refractivity contribution in [2.45, 2.75) is 58.4 Å². The van der Waals surface area contributed by atoms with Crippen LogP contribution in [0, 0.1) is 0 Å². The molecule has 2 nitrogen and oxygen atoms in total. The Hall–Kier alpha value is -0.220. The number of nitrogens with one attached hydrogen (secondary N) is 1. The molecule has 0 aromatic heterocycles. The summed E-state index contributed by atoms with van der Waals surface area (Å²) >= 11 is 7.08. The largest absolute Gasteiger partial charge is 0.495 e. The van der Waals surface area contributed by atoms with Crippen LogP contribution in [0.1, 0.15) is 52.4 Å². The quantitative estimate of drug-likeness (QED) is 0.480. The van der Waals surface area contributed by atoms with E-state index in [9.17, 15) is 0 Å². The molecule has 0 heterocycles. The van der Waals surface area contributed by atoms with E-state index in [-0.39, 0.29) is 0 Å². The van der Waals surface area contributed by atoms with E-state index in [0.29, 0.717) is 6.04 Å². The molecule has 0 aliphatic heterocycles. The Bertz CT molecular complexity index is 410.